The highest BCUT2D eigenvalue weighted by Crippen LogP contribution is 2.18. The lowest BCUT2D eigenvalue weighted by atomic mass is 10.1. The Labute approximate surface area is 108 Å². The summed E-state index contributed by atoms with van der Waals surface area (Å²) in [6, 6.07) is 5.89. The number of aliphatic hydroxyl groups excluding tert-OH is 1. The van der Waals surface area contributed by atoms with E-state index in [4.69, 9.17) is 0 Å². The summed E-state index contributed by atoms with van der Waals surface area (Å²) in [6.45, 7) is 5.78. The van der Waals surface area contributed by atoms with Gasteiger partial charge in [-0.05, 0) is 37.5 Å². The van der Waals surface area contributed by atoms with Crippen molar-refractivity contribution in [1.82, 2.24) is 4.90 Å². The lowest BCUT2D eigenvalue weighted by molar-refractivity contribution is -0.117. The number of hydrogen-bond donors (Lipinski definition) is 2. The third-order valence-electron chi connectivity index (χ3n) is 3.49. The molecule has 1 fully saturated rings. The van der Waals surface area contributed by atoms with Crippen LogP contribution in [-0.2, 0) is 4.79 Å². The summed E-state index contributed by atoms with van der Waals surface area (Å²) in [7, 11) is 0. The van der Waals surface area contributed by atoms with Crippen LogP contribution in [0.3, 0.4) is 0 Å². The Kier molecular flexibility index (Phi) is 3.99. The first kappa shape index (κ1) is 13.1. The van der Waals surface area contributed by atoms with Gasteiger partial charge in [-0.2, -0.15) is 0 Å². The first-order valence-electron chi connectivity index (χ1n) is 6.33. The number of β-amino-alcohol motifs (C(OH)–C–C–N with tert-alkyl or cyclic N) is 1. The average Bonchev–Trinajstić information content (AvgIpc) is 2.70. The van der Waals surface area contributed by atoms with Crippen LogP contribution < -0.4 is 5.32 Å². The number of anilines is 1. The molecule has 1 saturated heterocycles. The molecule has 0 spiro atoms. The molecule has 1 atom stereocenters. The highest BCUT2D eigenvalue weighted by atomic mass is 16.3. The Bertz CT molecular complexity index is 445. The molecule has 0 radical (unpaired) electrons. The fraction of sp³-hybridized carbons (Fsp3) is 0.500. The number of nitrogens with zero attached hydrogens (tertiary/aromatic N) is 1. The molecule has 18 heavy (non-hydrogen) atoms. The largest absolute Gasteiger partial charge is 0.392 e. The van der Waals surface area contributed by atoms with Crippen LogP contribution in [0.1, 0.15) is 17.5 Å². The van der Waals surface area contributed by atoms with Crippen molar-refractivity contribution in [2.45, 2.75) is 26.4 Å². The van der Waals surface area contributed by atoms with Gasteiger partial charge in [-0.25, -0.2) is 0 Å². The van der Waals surface area contributed by atoms with Gasteiger partial charge in [0.1, 0.15) is 0 Å². The smallest absolute Gasteiger partial charge is 0.238 e. The number of benzene rings is 1. The Morgan fingerprint density at radius 1 is 1.50 bits per heavy atom. The number of hydrogen-bond acceptors (Lipinski definition) is 3. The minimum Gasteiger partial charge on any atom is -0.392 e. The van der Waals surface area contributed by atoms with E-state index in [9.17, 15) is 9.90 Å². The Balaban J connectivity index is 1.93. The highest BCUT2D eigenvalue weighted by molar-refractivity contribution is 5.93. The summed E-state index contributed by atoms with van der Waals surface area (Å²) in [5, 5.41) is 12.3. The maximum atomic E-state index is 11.9. The summed E-state index contributed by atoms with van der Waals surface area (Å²) in [6.07, 6.45) is 0.482. The van der Waals surface area contributed by atoms with E-state index < -0.39 is 0 Å². The number of nitrogens with one attached hydrogen (secondary N) is 1. The zero-order valence-electron chi connectivity index (χ0n) is 10.9. The zero-order chi connectivity index (χ0) is 13.1. The SMILES string of the molecule is Cc1cccc(NC(=O)CN2CC[C@H](O)C2)c1C. The molecule has 98 valence electrons. The van der Waals surface area contributed by atoms with Crippen molar-refractivity contribution in [3.63, 3.8) is 0 Å². The van der Waals surface area contributed by atoms with Gasteiger partial charge in [0.25, 0.3) is 0 Å². The zero-order valence-corrected chi connectivity index (χ0v) is 10.9. The number of aryl methyl sites for hydroxylation is 1. The number of amides is 1. The molecular formula is C14H20N2O2. The molecule has 1 amide bonds. The lowest BCUT2D eigenvalue weighted by Gasteiger charge is -2.15. The number of rotatable bonds is 3. The van der Waals surface area contributed by atoms with Gasteiger partial charge in [-0.15, -0.1) is 0 Å². The van der Waals surface area contributed by atoms with E-state index in [1.54, 1.807) is 0 Å². The first-order valence-corrected chi connectivity index (χ1v) is 6.33. The van der Waals surface area contributed by atoms with Gasteiger partial charge in [0.15, 0.2) is 0 Å². The van der Waals surface area contributed by atoms with E-state index in [0.717, 1.165) is 24.2 Å². The van der Waals surface area contributed by atoms with Gasteiger partial charge in [0.2, 0.25) is 5.91 Å². The van der Waals surface area contributed by atoms with Gasteiger partial charge in [-0.1, -0.05) is 12.1 Å². The van der Waals surface area contributed by atoms with Gasteiger partial charge in [0, 0.05) is 18.8 Å². The lowest BCUT2D eigenvalue weighted by Crippen LogP contribution is -2.32. The maximum absolute atomic E-state index is 11.9. The van der Waals surface area contributed by atoms with Crippen molar-refractivity contribution in [3.8, 4) is 0 Å². The van der Waals surface area contributed by atoms with E-state index >= 15 is 0 Å². The third-order valence-corrected chi connectivity index (χ3v) is 3.49. The predicted octanol–water partition coefficient (Wildman–Crippen LogP) is 1.31. The van der Waals surface area contributed by atoms with Crippen molar-refractivity contribution < 1.29 is 9.90 Å². The molecule has 1 aromatic carbocycles. The van der Waals surface area contributed by atoms with Gasteiger partial charge in [0.05, 0.1) is 12.6 Å². The highest BCUT2D eigenvalue weighted by Gasteiger charge is 2.22. The number of likely N-dealkylation sites (tertiary alicyclic amines) is 1. The Hall–Kier alpha value is -1.39. The Morgan fingerprint density at radius 2 is 2.28 bits per heavy atom. The van der Waals surface area contributed by atoms with Crippen molar-refractivity contribution >= 4 is 11.6 Å². The minimum absolute atomic E-state index is 0.0159. The number of aliphatic hydroxyl groups is 1. The molecule has 4 nitrogen and oxygen atoms in total. The molecule has 0 saturated carbocycles. The maximum Gasteiger partial charge on any atom is 0.238 e. The molecule has 0 unspecified atom stereocenters. The second-order valence-corrected chi connectivity index (χ2v) is 4.97. The number of carbonyl (C=O) groups excluding carboxylic acids is 1. The molecule has 1 aromatic rings. The standard InChI is InChI=1S/C14H20N2O2/c1-10-4-3-5-13(11(10)2)15-14(18)9-16-7-6-12(17)8-16/h3-5,12,17H,6-9H2,1-2H3,(H,15,18)/t12-/m0/s1. The average molecular weight is 248 g/mol. The van der Waals surface area contributed by atoms with Crippen LogP contribution in [0.5, 0.6) is 0 Å². The summed E-state index contributed by atoms with van der Waals surface area (Å²) in [5.41, 5.74) is 3.15. The molecule has 1 aliphatic rings. The molecule has 2 N–H and O–H groups in total. The normalized spacial score (nSPS) is 20.1. The van der Waals surface area contributed by atoms with E-state index in [0.29, 0.717) is 13.1 Å². The molecule has 0 aliphatic carbocycles. The van der Waals surface area contributed by atoms with Crippen LogP contribution in [0.4, 0.5) is 5.69 Å². The second kappa shape index (κ2) is 5.50. The summed E-state index contributed by atoms with van der Waals surface area (Å²) >= 11 is 0. The van der Waals surface area contributed by atoms with Crippen LogP contribution in [0, 0.1) is 13.8 Å². The molecule has 1 heterocycles. The molecule has 4 heteroatoms. The summed E-state index contributed by atoms with van der Waals surface area (Å²) in [5.74, 6) is -0.0159. The number of carbonyl (C=O) groups is 1. The van der Waals surface area contributed by atoms with Crippen LogP contribution in [0.25, 0.3) is 0 Å². The third kappa shape index (κ3) is 3.09. The van der Waals surface area contributed by atoms with Crippen LogP contribution in [0.15, 0.2) is 18.2 Å². The molecule has 1 aliphatic heterocycles. The summed E-state index contributed by atoms with van der Waals surface area (Å²) < 4.78 is 0. The second-order valence-electron chi connectivity index (χ2n) is 4.97. The fourth-order valence-electron chi connectivity index (χ4n) is 2.24. The van der Waals surface area contributed by atoms with Crippen molar-refractivity contribution in [2.24, 2.45) is 0 Å². The predicted molar refractivity (Wildman–Crippen MR) is 71.6 cm³/mol. The van der Waals surface area contributed by atoms with Crippen molar-refractivity contribution in [3.05, 3.63) is 29.3 Å². The van der Waals surface area contributed by atoms with Gasteiger partial charge in [-0.3, -0.25) is 9.69 Å². The van der Waals surface area contributed by atoms with Crippen LogP contribution >= 0.6 is 0 Å². The van der Waals surface area contributed by atoms with Crippen LogP contribution in [-0.4, -0.2) is 41.7 Å². The van der Waals surface area contributed by atoms with Gasteiger partial charge >= 0.3 is 0 Å². The Morgan fingerprint density at radius 3 is 2.94 bits per heavy atom. The van der Waals surface area contributed by atoms with Gasteiger partial charge < -0.3 is 10.4 Å². The molecule has 0 bridgehead atoms. The van der Waals surface area contributed by atoms with Crippen molar-refractivity contribution in [1.29, 1.82) is 0 Å². The van der Waals surface area contributed by atoms with Crippen LogP contribution in [0.2, 0.25) is 0 Å². The van der Waals surface area contributed by atoms with E-state index in [2.05, 4.69) is 5.32 Å². The quantitative estimate of drug-likeness (QED) is 0.848. The van der Waals surface area contributed by atoms with E-state index in [1.165, 1.54) is 5.56 Å². The summed E-state index contributed by atoms with van der Waals surface area (Å²) in [4.78, 5) is 13.9. The van der Waals surface area contributed by atoms with E-state index in [1.807, 2.05) is 36.9 Å². The monoisotopic (exact) mass is 248 g/mol. The van der Waals surface area contributed by atoms with Crippen molar-refractivity contribution in [2.75, 3.05) is 25.0 Å². The topological polar surface area (TPSA) is 52.6 Å². The molecule has 0 aromatic heterocycles. The van der Waals surface area contributed by atoms with E-state index in [-0.39, 0.29) is 12.0 Å². The molecule has 2 rings (SSSR count). The molecular weight excluding hydrogens is 228 g/mol. The fourth-order valence-corrected chi connectivity index (χ4v) is 2.24. The minimum atomic E-state index is -0.279. The first-order chi connectivity index (χ1) is 8.56.